The number of hydrogen-bond acceptors (Lipinski definition) is 4. The van der Waals surface area contributed by atoms with E-state index in [-0.39, 0.29) is 18.1 Å². The van der Waals surface area contributed by atoms with E-state index in [4.69, 9.17) is 9.78 Å². The molecule has 1 aromatic heterocycles. The van der Waals surface area contributed by atoms with E-state index in [1.54, 1.807) is 25.1 Å². The second kappa shape index (κ2) is 5.33. The molecule has 0 aliphatic rings. The third kappa shape index (κ3) is 3.35. The predicted octanol–water partition coefficient (Wildman–Crippen LogP) is 3.41. The molecule has 20 heavy (non-hydrogen) atoms. The van der Waals surface area contributed by atoms with Gasteiger partial charge in [-0.2, -0.15) is 23.4 Å². The third-order valence-electron chi connectivity index (χ3n) is 2.69. The van der Waals surface area contributed by atoms with Crippen molar-refractivity contribution in [2.45, 2.75) is 25.9 Å². The van der Waals surface area contributed by atoms with Gasteiger partial charge in [-0.3, -0.25) is 0 Å². The normalized spacial score (nSPS) is 11.3. The van der Waals surface area contributed by atoms with Crippen molar-refractivity contribution in [1.29, 1.82) is 5.26 Å². The summed E-state index contributed by atoms with van der Waals surface area (Å²) in [4.78, 5) is 3.94. The summed E-state index contributed by atoms with van der Waals surface area (Å²) in [6, 6.07) is 6.86. The first-order valence-corrected chi connectivity index (χ1v) is 5.79. The van der Waals surface area contributed by atoms with Crippen molar-refractivity contribution >= 4 is 0 Å². The van der Waals surface area contributed by atoms with Crippen LogP contribution < -0.4 is 0 Å². The molecule has 2 aromatic rings. The maximum atomic E-state index is 12.1. The zero-order valence-corrected chi connectivity index (χ0v) is 10.5. The summed E-state index contributed by atoms with van der Waals surface area (Å²) in [5, 5.41) is 12.3. The van der Waals surface area contributed by atoms with E-state index in [1.807, 2.05) is 6.07 Å². The van der Waals surface area contributed by atoms with Crippen LogP contribution >= 0.6 is 0 Å². The third-order valence-corrected chi connectivity index (χ3v) is 2.69. The van der Waals surface area contributed by atoms with Gasteiger partial charge in [0.05, 0.1) is 18.1 Å². The predicted molar refractivity (Wildman–Crippen MR) is 63.6 cm³/mol. The Morgan fingerprint density at radius 1 is 1.35 bits per heavy atom. The van der Waals surface area contributed by atoms with E-state index in [0.29, 0.717) is 11.1 Å². The number of hydrogen-bond donors (Lipinski definition) is 0. The molecule has 1 heterocycles. The first-order valence-electron chi connectivity index (χ1n) is 5.79. The number of halogens is 3. The van der Waals surface area contributed by atoms with Gasteiger partial charge >= 0.3 is 6.18 Å². The highest BCUT2D eigenvalue weighted by atomic mass is 19.4. The van der Waals surface area contributed by atoms with Gasteiger partial charge in [-0.1, -0.05) is 5.16 Å². The Bertz CT molecular complexity index is 656. The summed E-state index contributed by atoms with van der Waals surface area (Å²) in [6.07, 6.45) is -5.55. The lowest BCUT2D eigenvalue weighted by atomic mass is 10.1. The molecule has 0 saturated heterocycles. The smallest absolute Gasteiger partial charge is 0.334 e. The summed E-state index contributed by atoms with van der Waals surface area (Å²) in [5.74, 6) is 0.172. The number of aryl methyl sites for hydroxylation is 2. The number of nitriles is 1. The molecule has 4 nitrogen and oxygen atoms in total. The first kappa shape index (κ1) is 14.1. The van der Waals surface area contributed by atoms with Crippen molar-refractivity contribution in [2.75, 3.05) is 0 Å². The molecular weight excluding hydrogens is 271 g/mol. The lowest BCUT2D eigenvalue weighted by Crippen LogP contribution is -2.09. The van der Waals surface area contributed by atoms with Crippen LogP contribution in [-0.2, 0) is 6.42 Å². The average Bonchev–Trinajstić information content (AvgIpc) is 2.84. The van der Waals surface area contributed by atoms with E-state index in [1.165, 1.54) is 0 Å². The van der Waals surface area contributed by atoms with Crippen LogP contribution in [0.25, 0.3) is 11.5 Å². The Labute approximate surface area is 112 Å². The molecule has 0 bridgehead atoms. The highest BCUT2D eigenvalue weighted by Gasteiger charge is 2.27. The Kier molecular flexibility index (Phi) is 3.74. The van der Waals surface area contributed by atoms with Crippen molar-refractivity contribution in [2.24, 2.45) is 0 Å². The van der Waals surface area contributed by atoms with E-state index < -0.39 is 12.6 Å². The van der Waals surface area contributed by atoms with E-state index in [0.717, 1.165) is 5.56 Å². The van der Waals surface area contributed by atoms with E-state index >= 15 is 0 Å². The summed E-state index contributed by atoms with van der Waals surface area (Å²) in [7, 11) is 0. The monoisotopic (exact) mass is 281 g/mol. The van der Waals surface area contributed by atoms with Gasteiger partial charge in [0.15, 0.2) is 5.82 Å². The Morgan fingerprint density at radius 3 is 2.70 bits per heavy atom. The molecule has 0 N–H and O–H groups in total. The molecule has 2 rings (SSSR count). The summed E-state index contributed by atoms with van der Waals surface area (Å²) >= 11 is 0. The minimum atomic E-state index is -4.24. The van der Waals surface area contributed by atoms with Gasteiger partial charge < -0.3 is 4.52 Å². The van der Waals surface area contributed by atoms with Crippen LogP contribution in [0.3, 0.4) is 0 Å². The molecule has 0 amide bonds. The Morgan fingerprint density at radius 2 is 2.10 bits per heavy atom. The number of rotatable bonds is 3. The quantitative estimate of drug-likeness (QED) is 0.864. The topological polar surface area (TPSA) is 62.7 Å². The van der Waals surface area contributed by atoms with Crippen LogP contribution in [0.4, 0.5) is 13.2 Å². The molecule has 0 unspecified atom stereocenters. The second-order valence-electron chi connectivity index (χ2n) is 4.27. The fraction of sp³-hybridized carbons (Fsp3) is 0.308. The van der Waals surface area contributed by atoms with Crippen LogP contribution in [0.5, 0.6) is 0 Å². The largest absolute Gasteiger partial charge is 0.389 e. The molecule has 1 aromatic carbocycles. The lowest BCUT2D eigenvalue weighted by molar-refractivity contribution is -0.134. The molecule has 7 heteroatoms. The highest BCUT2D eigenvalue weighted by molar-refractivity contribution is 5.60. The Hall–Kier alpha value is -2.36. The fourth-order valence-electron chi connectivity index (χ4n) is 1.69. The number of benzene rings is 1. The zero-order chi connectivity index (χ0) is 14.8. The van der Waals surface area contributed by atoms with Gasteiger partial charge in [-0.15, -0.1) is 0 Å². The van der Waals surface area contributed by atoms with Crippen molar-refractivity contribution < 1.29 is 17.7 Å². The maximum absolute atomic E-state index is 12.1. The molecule has 0 radical (unpaired) electrons. The number of nitrogens with zero attached hydrogens (tertiary/aromatic N) is 3. The van der Waals surface area contributed by atoms with Gasteiger partial charge in [-0.05, 0) is 30.7 Å². The van der Waals surface area contributed by atoms with Crippen LogP contribution in [0.1, 0.15) is 23.4 Å². The SMILES string of the molecule is Cc1cc(C#N)ccc1-c1nc(CCC(F)(F)F)no1. The van der Waals surface area contributed by atoms with Crippen LogP contribution in [0, 0.1) is 18.3 Å². The standard InChI is InChI=1S/C13H10F3N3O/c1-8-6-9(7-17)2-3-10(8)12-18-11(19-20-12)4-5-13(14,15)16/h2-3,6H,4-5H2,1H3. The molecule has 0 aliphatic carbocycles. The van der Waals surface area contributed by atoms with Crippen molar-refractivity contribution in [1.82, 2.24) is 10.1 Å². The summed E-state index contributed by atoms with van der Waals surface area (Å²) in [5.41, 5.74) is 1.84. The zero-order valence-electron chi connectivity index (χ0n) is 10.5. The van der Waals surface area contributed by atoms with Crippen molar-refractivity contribution in [3.8, 4) is 17.5 Å². The van der Waals surface area contributed by atoms with Crippen LogP contribution in [0.2, 0.25) is 0 Å². The van der Waals surface area contributed by atoms with Crippen LogP contribution in [0.15, 0.2) is 22.7 Å². The Balaban J connectivity index is 2.19. The van der Waals surface area contributed by atoms with Gasteiger partial charge in [0.25, 0.3) is 5.89 Å². The molecule has 0 spiro atoms. The molecule has 0 fully saturated rings. The van der Waals surface area contributed by atoms with Crippen LogP contribution in [-0.4, -0.2) is 16.3 Å². The summed E-state index contributed by atoms with van der Waals surface area (Å²) in [6.45, 7) is 1.76. The second-order valence-corrected chi connectivity index (χ2v) is 4.27. The molecule has 0 saturated carbocycles. The number of alkyl halides is 3. The average molecular weight is 281 g/mol. The van der Waals surface area contributed by atoms with Crippen molar-refractivity contribution in [3.05, 3.63) is 35.2 Å². The molecular formula is C13H10F3N3O. The molecule has 0 atom stereocenters. The number of aromatic nitrogens is 2. The molecule has 104 valence electrons. The van der Waals surface area contributed by atoms with Gasteiger partial charge in [0.2, 0.25) is 0 Å². The minimum absolute atomic E-state index is 0.0149. The van der Waals surface area contributed by atoms with Gasteiger partial charge in [-0.25, -0.2) is 0 Å². The fourth-order valence-corrected chi connectivity index (χ4v) is 1.69. The van der Waals surface area contributed by atoms with Gasteiger partial charge in [0.1, 0.15) is 0 Å². The minimum Gasteiger partial charge on any atom is -0.334 e. The maximum Gasteiger partial charge on any atom is 0.389 e. The molecule has 0 aliphatic heterocycles. The van der Waals surface area contributed by atoms with Crippen molar-refractivity contribution in [3.63, 3.8) is 0 Å². The lowest BCUT2D eigenvalue weighted by Gasteiger charge is -2.02. The summed E-state index contributed by atoms with van der Waals surface area (Å²) < 4.78 is 41.3. The first-order chi connectivity index (χ1) is 9.39. The van der Waals surface area contributed by atoms with Gasteiger partial charge in [0, 0.05) is 12.0 Å². The highest BCUT2D eigenvalue weighted by Crippen LogP contribution is 2.25. The van der Waals surface area contributed by atoms with E-state index in [2.05, 4.69) is 10.1 Å². The van der Waals surface area contributed by atoms with E-state index in [9.17, 15) is 13.2 Å².